The van der Waals surface area contributed by atoms with Crippen molar-refractivity contribution in [3.63, 3.8) is 0 Å². The summed E-state index contributed by atoms with van der Waals surface area (Å²) >= 11 is 0. The van der Waals surface area contributed by atoms with Crippen LogP contribution in [0.2, 0.25) is 0 Å². The molecule has 2 N–H and O–H groups in total. The number of nitrogens with one attached hydrogen (secondary N) is 2. The molecule has 11 heavy (non-hydrogen) atoms. The van der Waals surface area contributed by atoms with Gasteiger partial charge in [0, 0.05) is 12.2 Å². The zero-order chi connectivity index (χ0) is 7.90. The Morgan fingerprint density at radius 1 is 1.64 bits per heavy atom. The summed E-state index contributed by atoms with van der Waals surface area (Å²) in [5.74, 6) is 0.662. The lowest BCUT2D eigenvalue weighted by Gasteiger charge is -2.22. The van der Waals surface area contributed by atoms with Crippen molar-refractivity contribution < 1.29 is 0 Å². The Bertz CT molecular complexity index is 180. The average Bonchev–Trinajstić information content (AvgIpc) is 2.46. The van der Waals surface area contributed by atoms with Crippen molar-refractivity contribution in [2.24, 2.45) is 5.92 Å². The molecule has 0 radical (unpaired) electrons. The van der Waals surface area contributed by atoms with Gasteiger partial charge in [-0.1, -0.05) is 13.5 Å². The molecule has 2 unspecified atom stereocenters. The van der Waals surface area contributed by atoms with Gasteiger partial charge in [-0.2, -0.15) is 0 Å². The molecule has 2 saturated heterocycles. The minimum Gasteiger partial charge on any atom is -0.382 e. The van der Waals surface area contributed by atoms with Crippen molar-refractivity contribution in [2.45, 2.75) is 25.3 Å². The van der Waals surface area contributed by atoms with Gasteiger partial charge in [0.25, 0.3) is 0 Å². The molecular weight excluding hydrogens is 136 g/mol. The van der Waals surface area contributed by atoms with Crippen LogP contribution in [0.1, 0.15) is 19.8 Å². The normalized spacial score (nSPS) is 43.4. The van der Waals surface area contributed by atoms with Crippen LogP contribution >= 0.6 is 0 Å². The van der Waals surface area contributed by atoms with Gasteiger partial charge in [-0.05, 0) is 25.3 Å². The lowest BCUT2D eigenvalue weighted by Crippen LogP contribution is -2.40. The first-order chi connectivity index (χ1) is 5.22. The van der Waals surface area contributed by atoms with Crippen molar-refractivity contribution in [3.8, 4) is 0 Å². The molecule has 2 atom stereocenters. The molecular formula is C9H16N2. The highest BCUT2D eigenvalue weighted by molar-refractivity contribution is 5.15. The van der Waals surface area contributed by atoms with E-state index in [4.69, 9.17) is 0 Å². The summed E-state index contributed by atoms with van der Waals surface area (Å²) in [5.41, 5.74) is 1.60. The van der Waals surface area contributed by atoms with Gasteiger partial charge in [0.15, 0.2) is 0 Å². The average molecular weight is 152 g/mol. The molecule has 62 valence electrons. The zero-order valence-corrected chi connectivity index (χ0v) is 7.11. The second kappa shape index (κ2) is 2.24. The van der Waals surface area contributed by atoms with Gasteiger partial charge in [-0.15, -0.1) is 0 Å². The van der Waals surface area contributed by atoms with Gasteiger partial charge < -0.3 is 10.6 Å². The summed E-state index contributed by atoms with van der Waals surface area (Å²) in [6.45, 7) is 8.55. The van der Waals surface area contributed by atoms with Crippen LogP contribution in [-0.4, -0.2) is 18.6 Å². The Labute approximate surface area is 68.1 Å². The predicted octanol–water partition coefficient (Wildman–Crippen LogP) is 0.862. The highest BCUT2D eigenvalue weighted by Crippen LogP contribution is 2.33. The largest absolute Gasteiger partial charge is 0.382 e. The fourth-order valence-electron chi connectivity index (χ4n) is 2.25. The smallest absolute Gasteiger partial charge is 0.0513 e. The molecule has 2 rings (SSSR count). The van der Waals surface area contributed by atoms with E-state index in [2.05, 4.69) is 24.1 Å². The van der Waals surface area contributed by atoms with E-state index in [1.54, 1.807) is 0 Å². The summed E-state index contributed by atoms with van der Waals surface area (Å²) in [6.07, 6.45) is 2.52. The summed E-state index contributed by atoms with van der Waals surface area (Å²) in [5, 5.41) is 6.91. The van der Waals surface area contributed by atoms with Gasteiger partial charge in [-0.3, -0.25) is 0 Å². The van der Waals surface area contributed by atoms with E-state index in [9.17, 15) is 0 Å². The Morgan fingerprint density at radius 2 is 2.45 bits per heavy atom. The lowest BCUT2D eigenvalue weighted by molar-refractivity contribution is 0.407. The van der Waals surface area contributed by atoms with Crippen LogP contribution in [0.5, 0.6) is 0 Å². The number of rotatable bonds is 0. The first kappa shape index (κ1) is 7.17. The highest BCUT2D eigenvalue weighted by atomic mass is 15.1. The molecule has 0 aliphatic carbocycles. The Balaban J connectivity index is 2.12. The maximum absolute atomic E-state index is 4.02. The van der Waals surface area contributed by atoms with Gasteiger partial charge >= 0.3 is 0 Å². The molecule has 0 amide bonds. The minimum atomic E-state index is 0.372. The number of hydrogen-bond donors (Lipinski definition) is 2. The number of hydrogen-bond acceptors (Lipinski definition) is 2. The van der Waals surface area contributed by atoms with Crippen LogP contribution in [0.3, 0.4) is 0 Å². The van der Waals surface area contributed by atoms with Crippen LogP contribution in [0, 0.1) is 5.92 Å². The molecule has 2 heterocycles. The van der Waals surface area contributed by atoms with Crippen LogP contribution in [0.25, 0.3) is 0 Å². The summed E-state index contributed by atoms with van der Waals surface area (Å²) in [6, 6.07) is 0. The third-order valence-corrected chi connectivity index (χ3v) is 2.96. The van der Waals surface area contributed by atoms with Crippen LogP contribution in [0.15, 0.2) is 12.3 Å². The van der Waals surface area contributed by atoms with Crippen LogP contribution in [0.4, 0.5) is 0 Å². The minimum absolute atomic E-state index is 0.372. The van der Waals surface area contributed by atoms with E-state index < -0.39 is 0 Å². The lowest BCUT2D eigenvalue weighted by atomic mass is 9.93. The highest BCUT2D eigenvalue weighted by Gasteiger charge is 2.40. The van der Waals surface area contributed by atoms with Crippen molar-refractivity contribution in [2.75, 3.05) is 13.1 Å². The fraction of sp³-hybridized carbons (Fsp3) is 0.778. The molecule has 2 heteroatoms. The van der Waals surface area contributed by atoms with Crippen LogP contribution in [-0.2, 0) is 0 Å². The molecule has 0 aromatic heterocycles. The molecule has 2 aliphatic heterocycles. The molecule has 1 spiro atoms. The molecule has 2 nitrogen and oxygen atoms in total. The third kappa shape index (κ3) is 1.06. The summed E-state index contributed by atoms with van der Waals surface area (Å²) in [4.78, 5) is 0. The van der Waals surface area contributed by atoms with Crippen molar-refractivity contribution in [1.29, 1.82) is 0 Å². The maximum Gasteiger partial charge on any atom is 0.0513 e. The quantitative estimate of drug-likeness (QED) is 0.538. The Morgan fingerprint density at radius 3 is 2.91 bits per heavy atom. The van der Waals surface area contributed by atoms with Crippen molar-refractivity contribution in [1.82, 2.24) is 10.6 Å². The molecule has 0 bridgehead atoms. The fourth-order valence-corrected chi connectivity index (χ4v) is 2.25. The van der Waals surface area contributed by atoms with Crippen molar-refractivity contribution in [3.05, 3.63) is 12.3 Å². The Kier molecular flexibility index (Phi) is 1.46. The predicted molar refractivity (Wildman–Crippen MR) is 46.3 cm³/mol. The van der Waals surface area contributed by atoms with Crippen LogP contribution < -0.4 is 10.6 Å². The molecule has 0 saturated carbocycles. The third-order valence-electron chi connectivity index (χ3n) is 2.96. The topological polar surface area (TPSA) is 24.1 Å². The molecule has 2 fully saturated rings. The second-order valence-corrected chi connectivity index (χ2v) is 3.96. The second-order valence-electron chi connectivity index (χ2n) is 3.96. The van der Waals surface area contributed by atoms with E-state index in [-0.39, 0.29) is 0 Å². The Hall–Kier alpha value is -0.500. The van der Waals surface area contributed by atoms with E-state index in [1.807, 2.05) is 0 Å². The van der Waals surface area contributed by atoms with Gasteiger partial charge in [0.1, 0.15) is 0 Å². The summed E-state index contributed by atoms with van der Waals surface area (Å²) in [7, 11) is 0. The molecule has 2 aliphatic rings. The van der Waals surface area contributed by atoms with E-state index in [0.29, 0.717) is 11.5 Å². The summed E-state index contributed by atoms with van der Waals surface area (Å²) < 4.78 is 0. The van der Waals surface area contributed by atoms with E-state index >= 15 is 0 Å². The number of allylic oxidation sites excluding steroid dienone is 1. The van der Waals surface area contributed by atoms with Gasteiger partial charge in [0.2, 0.25) is 0 Å². The standard InChI is InChI=1S/C9H16N2/c1-7-5-9(11-8(7)2)3-4-10-6-9/h7,10-11H,2-6H2,1H3. The zero-order valence-electron chi connectivity index (χ0n) is 7.11. The van der Waals surface area contributed by atoms with Gasteiger partial charge in [-0.25, -0.2) is 0 Å². The van der Waals surface area contributed by atoms with E-state index in [0.717, 1.165) is 13.1 Å². The van der Waals surface area contributed by atoms with Crippen molar-refractivity contribution >= 4 is 0 Å². The SMILES string of the molecule is C=C1NC2(CCNC2)CC1C. The first-order valence-electron chi connectivity index (χ1n) is 4.40. The molecule has 0 aromatic rings. The first-order valence-corrected chi connectivity index (χ1v) is 4.40. The maximum atomic E-state index is 4.02. The monoisotopic (exact) mass is 152 g/mol. The van der Waals surface area contributed by atoms with E-state index in [1.165, 1.54) is 18.5 Å². The molecule has 0 aromatic carbocycles. The van der Waals surface area contributed by atoms with Gasteiger partial charge in [0.05, 0.1) is 5.54 Å².